The second-order valence-corrected chi connectivity index (χ2v) is 6.20. The van der Waals surface area contributed by atoms with Crippen LogP contribution in [0.25, 0.3) is 0 Å². The molecule has 0 atom stereocenters. The Morgan fingerprint density at radius 2 is 1.96 bits per heavy atom. The Morgan fingerprint density at radius 1 is 1.28 bits per heavy atom. The molecule has 2 rings (SSSR count). The van der Waals surface area contributed by atoms with Gasteiger partial charge in [0.15, 0.2) is 10.2 Å². The SMILES string of the molecule is CCOc1ccc(C(=O)NC(=S)Nc2nc(C)c(C(=O)OC)s2)cc1. The first-order valence-corrected chi connectivity index (χ1v) is 8.58. The van der Waals surface area contributed by atoms with Crippen molar-refractivity contribution < 1.29 is 19.1 Å². The Kier molecular flexibility index (Phi) is 6.43. The second-order valence-electron chi connectivity index (χ2n) is 4.79. The van der Waals surface area contributed by atoms with Crippen LogP contribution in [0.15, 0.2) is 24.3 Å². The second kappa shape index (κ2) is 8.54. The number of carbonyl (C=O) groups is 2. The van der Waals surface area contributed by atoms with E-state index in [2.05, 4.69) is 20.4 Å². The Morgan fingerprint density at radius 3 is 2.56 bits per heavy atom. The van der Waals surface area contributed by atoms with Crippen molar-refractivity contribution in [2.24, 2.45) is 0 Å². The third kappa shape index (κ3) is 4.97. The number of esters is 1. The van der Waals surface area contributed by atoms with Gasteiger partial charge in [-0.05, 0) is 50.3 Å². The van der Waals surface area contributed by atoms with E-state index in [1.165, 1.54) is 7.11 Å². The minimum absolute atomic E-state index is 0.0871. The number of aromatic nitrogens is 1. The number of rotatable bonds is 5. The molecular weight excluding hydrogens is 362 g/mol. The number of carbonyl (C=O) groups excluding carboxylic acids is 2. The van der Waals surface area contributed by atoms with E-state index in [1.54, 1.807) is 31.2 Å². The molecule has 0 bridgehead atoms. The number of thiocarbonyl (C=S) groups is 1. The van der Waals surface area contributed by atoms with Crippen molar-refractivity contribution in [2.45, 2.75) is 13.8 Å². The number of nitrogens with zero attached hydrogens (tertiary/aromatic N) is 1. The van der Waals surface area contributed by atoms with Crippen LogP contribution in [-0.2, 0) is 4.74 Å². The van der Waals surface area contributed by atoms with Gasteiger partial charge in [-0.15, -0.1) is 0 Å². The zero-order chi connectivity index (χ0) is 18.4. The van der Waals surface area contributed by atoms with E-state index in [0.717, 1.165) is 11.3 Å². The molecule has 0 fully saturated rings. The highest BCUT2D eigenvalue weighted by molar-refractivity contribution is 7.80. The lowest BCUT2D eigenvalue weighted by atomic mass is 10.2. The molecule has 0 aliphatic heterocycles. The molecule has 0 unspecified atom stereocenters. The third-order valence-corrected chi connectivity index (χ3v) is 4.30. The van der Waals surface area contributed by atoms with Gasteiger partial charge in [0.05, 0.1) is 19.4 Å². The van der Waals surface area contributed by atoms with Crippen molar-refractivity contribution in [1.82, 2.24) is 10.3 Å². The zero-order valence-corrected chi connectivity index (χ0v) is 15.5. The molecule has 2 N–H and O–H groups in total. The Labute approximate surface area is 154 Å². The summed E-state index contributed by atoms with van der Waals surface area (Å²) in [6.45, 7) is 4.13. The number of hydrogen-bond acceptors (Lipinski definition) is 7. The number of ether oxygens (including phenoxy) is 2. The van der Waals surface area contributed by atoms with Crippen LogP contribution in [0.3, 0.4) is 0 Å². The van der Waals surface area contributed by atoms with Crippen molar-refractivity contribution in [3.05, 3.63) is 40.4 Å². The highest BCUT2D eigenvalue weighted by Gasteiger charge is 2.17. The van der Waals surface area contributed by atoms with Crippen molar-refractivity contribution >= 4 is 45.7 Å². The zero-order valence-electron chi connectivity index (χ0n) is 13.9. The predicted octanol–water partition coefficient (Wildman–Crippen LogP) is 2.76. The van der Waals surface area contributed by atoms with Gasteiger partial charge in [-0.25, -0.2) is 9.78 Å². The van der Waals surface area contributed by atoms with Crippen LogP contribution in [0.2, 0.25) is 0 Å². The molecule has 0 saturated heterocycles. The van der Waals surface area contributed by atoms with Gasteiger partial charge in [-0.1, -0.05) is 11.3 Å². The van der Waals surface area contributed by atoms with E-state index in [4.69, 9.17) is 17.0 Å². The van der Waals surface area contributed by atoms with Crippen molar-refractivity contribution in [3.63, 3.8) is 0 Å². The van der Waals surface area contributed by atoms with Crippen LogP contribution >= 0.6 is 23.6 Å². The summed E-state index contributed by atoms with van der Waals surface area (Å²) in [5.41, 5.74) is 0.971. The third-order valence-electron chi connectivity index (χ3n) is 3.04. The lowest BCUT2D eigenvalue weighted by Crippen LogP contribution is -2.34. The van der Waals surface area contributed by atoms with Gasteiger partial charge in [0, 0.05) is 5.56 Å². The Bertz CT molecular complexity index is 787. The van der Waals surface area contributed by atoms with E-state index < -0.39 is 5.97 Å². The van der Waals surface area contributed by atoms with E-state index >= 15 is 0 Å². The molecule has 1 heterocycles. The van der Waals surface area contributed by atoms with Crippen LogP contribution in [0.4, 0.5) is 5.13 Å². The fourth-order valence-corrected chi connectivity index (χ4v) is 3.05. The fourth-order valence-electron chi connectivity index (χ4n) is 1.90. The van der Waals surface area contributed by atoms with Crippen molar-refractivity contribution in [2.75, 3.05) is 19.0 Å². The molecule has 0 aliphatic rings. The minimum atomic E-state index is -0.465. The summed E-state index contributed by atoms with van der Waals surface area (Å²) in [6.07, 6.45) is 0. The smallest absolute Gasteiger partial charge is 0.350 e. The Hall–Kier alpha value is -2.52. The molecule has 132 valence electrons. The monoisotopic (exact) mass is 379 g/mol. The molecule has 7 nitrogen and oxygen atoms in total. The van der Waals surface area contributed by atoms with Crippen LogP contribution in [0, 0.1) is 6.92 Å². The molecule has 0 radical (unpaired) electrons. The number of anilines is 1. The number of aryl methyl sites for hydroxylation is 1. The molecule has 1 aromatic carbocycles. The normalized spacial score (nSPS) is 10.0. The highest BCUT2D eigenvalue weighted by Crippen LogP contribution is 2.23. The largest absolute Gasteiger partial charge is 0.494 e. The number of methoxy groups -OCH3 is 1. The lowest BCUT2D eigenvalue weighted by molar-refractivity contribution is 0.0605. The van der Waals surface area contributed by atoms with Crippen molar-refractivity contribution in [1.29, 1.82) is 0 Å². The van der Waals surface area contributed by atoms with E-state index in [9.17, 15) is 9.59 Å². The van der Waals surface area contributed by atoms with E-state index in [0.29, 0.717) is 33.6 Å². The summed E-state index contributed by atoms with van der Waals surface area (Å²) in [7, 11) is 1.30. The topological polar surface area (TPSA) is 89.5 Å². The summed E-state index contributed by atoms with van der Waals surface area (Å²) < 4.78 is 10.0. The van der Waals surface area contributed by atoms with Gasteiger partial charge in [0.2, 0.25) is 0 Å². The molecule has 0 aliphatic carbocycles. The van der Waals surface area contributed by atoms with E-state index in [1.807, 2.05) is 6.92 Å². The fraction of sp³-hybridized carbons (Fsp3) is 0.250. The summed E-state index contributed by atoms with van der Waals surface area (Å²) in [5.74, 6) is -0.136. The maximum absolute atomic E-state index is 12.2. The number of benzene rings is 1. The first-order valence-electron chi connectivity index (χ1n) is 7.35. The standard InChI is InChI=1S/C16H17N3O4S2/c1-4-23-11-7-5-10(6-8-11)13(20)18-15(24)19-16-17-9(2)12(25-16)14(21)22-3/h5-8H,4H2,1-3H3,(H2,17,18,19,20,24). The quantitative estimate of drug-likeness (QED) is 0.610. The first kappa shape index (κ1) is 18.8. The van der Waals surface area contributed by atoms with Crippen molar-refractivity contribution in [3.8, 4) is 5.75 Å². The molecule has 0 spiro atoms. The molecule has 25 heavy (non-hydrogen) atoms. The summed E-state index contributed by atoms with van der Waals surface area (Å²) >= 11 is 6.21. The molecule has 1 aromatic heterocycles. The van der Waals surface area contributed by atoms with Crippen LogP contribution in [0.5, 0.6) is 5.75 Å². The van der Waals surface area contributed by atoms with Crippen LogP contribution < -0.4 is 15.4 Å². The molecule has 0 saturated carbocycles. The summed E-state index contributed by atoms with van der Waals surface area (Å²) in [6, 6.07) is 6.71. The Balaban J connectivity index is 1.97. The van der Waals surface area contributed by atoms with E-state index in [-0.39, 0.29) is 11.0 Å². The maximum Gasteiger partial charge on any atom is 0.350 e. The lowest BCUT2D eigenvalue weighted by Gasteiger charge is -2.08. The number of thiazole rings is 1. The van der Waals surface area contributed by atoms with Crippen LogP contribution in [0.1, 0.15) is 32.6 Å². The number of hydrogen-bond donors (Lipinski definition) is 2. The van der Waals surface area contributed by atoms with Gasteiger partial charge >= 0.3 is 5.97 Å². The van der Waals surface area contributed by atoms with Gasteiger partial charge < -0.3 is 14.8 Å². The summed E-state index contributed by atoms with van der Waals surface area (Å²) in [4.78, 5) is 28.3. The average molecular weight is 379 g/mol. The van der Waals surface area contributed by atoms with Gasteiger partial charge in [0.1, 0.15) is 10.6 Å². The first-order chi connectivity index (χ1) is 11.9. The molecule has 9 heteroatoms. The number of amides is 1. The van der Waals surface area contributed by atoms with Gasteiger partial charge in [0.25, 0.3) is 5.91 Å². The van der Waals surface area contributed by atoms with Crippen LogP contribution in [-0.4, -0.2) is 35.7 Å². The molecule has 2 aromatic rings. The van der Waals surface area contributed by atoms with Gasteiger partial charge in [-0.3, -0.25) is 10.1 Å². The van der Waals surface area contributed by atoms with Gasteiger partial charge in [-0.2, -0.15) is 0 Å². The molecule has 1 amide bonds. The average Bonchev–Trinajstić information content (AvgIpc) is 2.95. The predicted molar refractivity (Wildman–Crippen MR) is 99.5 cm³/mol. The highest BCUT2D eigenvalue weighted by atomic mass is 32.1. The maximum atomic E-state index is 12.2. The number of nitrogens with one attached hydrogen (secondary N) is 2. The molecular formula is C16H17N3O4S2. The summed E-state index contributed by atoms with van der Waals surface area (Å²) in [5, 5.41) is 5.83. The minimum Gasteiger partial charge on any atom is -0.494 e.